The first-order chi connectivity index (χ1) is 13.2. The van der Waals surface area contributed by atoms with Gasteiger partial charge in [-0.1, -0.05) is 37.3 Å². The van der Waals surface area contributed by atoms with Crippen LogP contribution in [0.3, 0.4) is 0 Å². The van der Waals surface area contributed by atoms with Crippen molar-refractivity contribution in [3.8, 4) is 17.3 Å². The smallest absolute Gasteiger partial charge is 0.120 e. The van der Waals surface area contributed by atoms with Gasteiger partial charge in [0.2, 0.25) is 0 Å². The molecule has 3 heterocycles. The Kier molecular flexibility index (Phi) is 4.48. The molecule has 2 aliphatic heterocycles. The zero-order valence-electron chi connectivity index (χ0n) is 15.6. The van der Waals surface area contributed by atoms with Crippen LogP contribution in [0.2, 0.25) is 0 Å². The van der Waals surface area contributed by atoms with Gasteiger partial charge in [0, 0.05) is 34.8 Å². The molecule has 3 nitrogen and oxygen atoms in total. The second-order valence-corrected chi connectivity index (χ2v) is 6.75. The zero-order chi connectivity index (χ0) is 18.8. The van der Waals surface area contributed by atoms with Crippen molar-refractivity contribution in [3.63, 3.8) is 0 Å². The van der Waals surface area contributed by atoms with E-state index in [4.69, 9.17) is 0 Å². The summed E-state index contributed by atoms with van der Waals surface area (Å²) >= 11 is 0. The molecule has 0 fully saturated rings. The second kappa shape index (κ2) is 7.09. The van der Waals surface area contributed by atoms with E-state index in [1.807, 2.05) is 29.4 Å². The van der Waals surface area contributed by atoms with E-state index in [-0.39, 0.29) is 0 Å². The van der Waals surface area contributed by atoms with Crippen molar-refractivity contribution in [3.05, 3.63) is 95.1 Å². The van der Waals surface area contributed by atoms with Crippen LogP contribution < -0.4 is 0 Å². The molecule has 0 radical (unpaired) electrons. The van der Waals surface area contributed by atoms with Crippen molar-refractivity contribution in [2.45, 2.75) is 26.7 Å². The van der Waals surface area contributed by atoms with Crippen LogP contribution >= 0.6 is 0 Å². The number of fused-ring (bicyclic) bond motifs is 1. The van der Waals surface area contributed by atoms with Gasteiger partial charge in [0.1, 0.15) is 11.8 Å². The highest BCUT2D eigenvalue weighted by molar-refractivity contribution is 5.85. The predicted octanol–water partition coefficient (Wildman–Crippen LogP) is 5.53. The maximum absolute atomic E-state index is 9.45. The van der Waals surface area contributed by atoms with Crippen molar-refractivity contribution in [2.24, 2.45) is 0 Å². The van der Waals surface area contributed by atoms with E-state index in [1.54, 1.807) is 0 Å². The van der Waals surface area contributed by atoms with E-state index in [0.717, 1.165) is 40.9 Å². The minimum Gasteiger partial charge on any atom is -0.308 e. The summed E-state index contributed by atoms with van der Waals surface area (Å²) in [6.07, 6.45) is 14.0. The fourth-order valence-electron chi connectivity index (χ4n) is 3.64. The van der Waals surface area contributed by atoms with Crippen LogP contribution in [0.4, 0.5) is 0 Å². The largest absolute Gasteiger partial charge is 0.308 e. The quantitative estimate of drug-likeness (QED) is 0.730. The van der Waals surface area contributed by atoms with Crippen molar-refractivity contribution >= 4 is 5.57 Å². The number of aromatic nitrogens is 1. The highest BCUT2D eigenvalue weighted by Gasteiger charge is 2.20. The van der Waals surface area contributed by atoms with E-state index < -0.39 is 0 Å². The Morgan fingerprint density at radius 3 is 2.85 bits per heavy atom. The van der Waals surface area contributed by atoms with Crippen LogP contribution in [0.15, 0.2) is 78.4 Å². The third-order valence-electron chi connectivity index (χ3n) is 5.11. The molecule has 0 atom stereocenters. The van der Waals surface area contributed by atoms with Crippen LogP contribution in [0.25, 0.3) is 16.8 Å². The number of pyridine rings is 1. The zero-order valence-corrected chi connectivity index (χ0v) is 15.6. The van der Waals surface area contributed by atoms with Gasteiger partial charge in [-0.15, -0.1) is 0 Å². The Morgan fingerprint density at radius 1 is 1.19 bits per heavy atom. The molecule has 0 amide bonds. The van der Waals surface area contributed by atoms with Gasteiger partial charge in [-0.3, -0.25) is 4.98 Å². The summed E-state index contributed by atoms with van der Waals surface area (Å²) in [5, 5.41) is 9.45. The first-order valence-corrected chi connectivity index (χ1v) is 9.26. The number of rotatable bonds is 3. The molecule has 1 aromatic heterocycles. The molecule has 4 rings (SSSR count). The minimum atomic E-state index is 0.669. The summed E-state index contributed by atoms with van der Waals surface area (Å²) in [7, 11) is 0. The lowest BCUT2D eigenvalue weighted by atomic mass is 9.95. The molecule has 0 bridgehead atoms. The van der Waals surface area contributed by atoms with Crippen molar-refractivity contribution in [1.29, 1.82) is 5.26 Å². The number of allylic oxidation sites excluding steroid dienone is 6. The Morgan fingerprint density at radius 2 is 2.07 bits per heavy atom. The monoisotopic (exact) mass is 351 g/mol. The number of benzene rings is 1. The van der Waals surface area contributed by atoms with Gasteiger partial charge >= 0.3 is 0 Å². The summed E-state index contributed by atoms with van der Waals surface area (Å²) in [5.74, 6) is 0. The molecule has 2 aromatic rings. The van der Waals surface area contributed by atoms with E-state index in [1.165, 1.54) is 11.1 Å². The highest BCUT2D eigenvalue weighted by Crippen LogP contribution is 2.34. The Bertz CT molecular complexity index is 1060. The van der Waals surface area contributed by atoms with E-state index >= 15 is 0 Å². The fraction of sp³-hybridized carbons (Fsp3) is 0.167. The van der Waals surface area contributed by atoms with Gasteiger partial charge in [-0.25, -0.2) is 0 Å². The van der Waals surface area contributed by atoms with Gasteiger partial charge in [0.15, 0.2) is 0 Å². The molecule has 2 aliphatic rings. The molecule has 0 saturated heterocycles. The average Bonchev–Trinajstić information content (AvgIpc) is 2.73. The van der Waals surface area contributed by atoms with Gasteiger partial charge in [-0.2, -0.15) is 5.26 Å². The molecular weight excluding hydrogens is 330 g/mol. The van der Waals surface area contributed by atoms with Gasteiger partial charge in [-0.05, 0) is 55.2 Å². The highest BCUT2D eigenvalue weighted by atomic mass is 15.1. The lowest BCUT2D eigenvalue weighted by Crippen LogP contribution is -2.19. The third kappa shape index (κ3) is 3.11. The predicted molar refractivity (Wildman–Crippen MR) is 109 cm³/mol. The summed E-state index contributed by atoms with van der Waals surface area (Å²) in [4.78, 5) is 6.64. The number of hydrogen-bond acceptors (Lipinski definition) is 3. The maximum Gasteiger partial charge on any atom is 0.120 e. The standard InChI is InChI=1S/C24H21N3/c1-3-18-9-10-19(14-17(18)2)24-23(8-5-13-26-24)20-11-12-21-6-4-7-22(15-25)27(21)16-20/h5-14,16H,3-4H2,1-2H3. The lowest BCUT2D eigenvalue weighted by molar-refractivity contribution is 0.598. The number of aryl methyl sites for hydroxylation is 2. The molecule has 3 heteroatoms. The van der Waals surface area contributed by atoms with Crippen molar-refractivity contribution in [2.75, 3.05) is 0 Å². The number of nitrogens with zero attached hydrogens (tertiary/aromatic N) is 3. The van der Waals surface area contributed by atoms with Crippen LogP contribution in [-0.2, 0) is 6.42 Å². The average molecular weight is 351 g/mol. The summed E-state index contributed by atoms with van der Waals surface area (Å²) < 4.78 is 0. The van der Waals surface area contributed by atoms with Gasteiger partial charge in [0.25, 0.3) is 0 Å². The van der Waals surface area contributed by atoms with E-state index in [2.05, 4.69) is 67.4 Å². The van der Waals surface area contributed by atoms with Crippen LogP contribution in [0, 0.1) is 18.3 Å². The van der Waals surface area contributed by atoms with E-state index in [0.29, 0.717) is 5.70 Å². The first kappa shape index (κ1) is 17.1. The number of nitriles is 1. The Balaban J connectivity index is 1.79. The summed E-state index contributed by atoms with van der Waals surface area (Å²) in [5.41, 5.74) is 8.57. The SMILES string of the molecule is CCc1ccc(-c2ncccc2C2=CN3C(C#N)=CCC=C3C=C2)cc1C. The fourth-order valence-corrected chi connectivity index (χ4v) is 3.64. The van der Waals surface area contributed by atoms with Crippen LogP contribution in [-0.4, -0.2) is 9.88 Å². The molecule has 0 spiro atoms. The maximum atomic E-state index is 9.45. The topological polar surface area (TPSA) is 39.9 Å². The molecule has 132 valence electrons. The van der Waals surface area contributed by atoms with Crippen molar-refractivity contribution in [1.82, 2.24) is 9.88 Å². The molecule has 0 aliphatic carbocycles. The van der Waals surface area contributed by atoms with E-state index in [9.17, 15) is 5.26 Å². The molecular formula is C24H21N3. The Labute approximate surface area is 160 Å². The second-order valence-electron chi connectivity index (χ2n) is 6.75. The molecule has 0 saturated carbocycles. The minimum absolute atomic E-state index is 0.669. The molecule has 0 N–H and O–H groups in total. The summed E-state index contributed by atoms with van der Waals surface area (Å²) in [6.45, 7) is 4.33. The van der Waals surface area contributed by atoms with Crippen LogP contribution in [0.1, 0.15) is 30.0 Å². The van der Waals surface area contributed by atoms with Crippen molar-refractivity contribution < 1.29 is 0 Å². The normalized spacial score (nSPS) is 15.4. The Hall–Kier alpha value is -3.38. The van der Waals surface area contributed by atoms with Crippen LogP contribution in [0.5, 0.6) is 0 Å². The number of hydrogen-bond donors (Lipinski definition) is 0. The molecule has 0 unspecified atom stereocenters. The van der Waals surface area contributed by atoms with Gasteiger partial charge < -0.3 is 4.90 Å². The third-order valence-corrected chi connectivity index (χ3v) is 5.11. The first-order valence-electron chi connectivity index (χ1n) is 9.26. The summed E-state index contributed by atoms with van der Waals surface area (Å²) in [6, 6.07) is 12.9. The molecule has 27 heavy (non-hydrogen) atoms. The molecule has 1 aromatic carbocycles. The lowest BCUT2D eigenvalue weighted by Gasteiger charge is -2.28. The van der Waals surface area contributed by atoms with Gasteiger partial charge in [0.05, 0.1) is 5.69 Å².